The standard InChI is InChI=1S/2C7H7O2.Fe/c2*1-6(8)9-7-4-2-3-5-7;/h2*2-5H,1H3;/q-5;-1;. The van der Waals surface area contributed by atoms with Gasteiger partial charge in [-0.25, -0.2) is 0 Å². The Bertz CT molecular complexity index is 425. The molecule has 0 heterocycles. The average molecular weight is 302 g/mol. The van der Waals surface area contributed by atoms with Gasteiger partial charge in [0.25, 0.3) is 0 Å². The molecule has 0 N–H and O–H groups in total. The molecule has 2 aromatic rings. The maximum absolute atomic E-state index is 10.3. The van der Waals surface area contributed by atoms with Crippen LogP contribution in [0.2, 0.25) is 0 Å². The molecule has 4 nitrogen and oxygen atoms in total. The Kier molecular flexibility index (Phi) is 8.25. The predicted octanol–water partition coefficient (Wildman–Crippen LogP) is 2.66. The van der Waals surface area contributed by atoms with Gasteiger partial charge < -0.3 is 49.1 Å². The number of carbonyl (C=O) groups is 2. The first kappa shape index (κ1) is 17.2. The van der Waals surface area contributed by atoms with Crippen molar-refractivity contribution in [2.45, 2.75) is 13.8 Å². The van der Waals surface area contributed by atoms with Crippen molar-refractivity contribution in [2.24, 2.45) is 0 Å². The minimum atomic E-state index is -0.277. The number of hydrogen-bond acceptors (Lipinski definition) is 4. The third-order valence-electron chi connectivity index (χ3n) is 1.79. The summed E-state index contributed by atoms with van der Waals surface area (Å²) < 4.78 is 9.43. The van der Waals surface area contributed by atoms with Gasteiger partial charge >= 0.3 is 0 Å². The van der Waals surface area contributed by atoms with Gasteiger partial charge in [-0.15, -0.1) is 12.1 Å². The average Bonchev–Trinajstić information content (AvgIpc) is 2.90. The van der Waals surface area contributed by atoms with Gasteiger partial charge in [-0.2, -0.15) is 12.1 Å². The number of rotatable bonds is 2. The van der Waals surface area contributed by atoms with Crippen LogP contribution in [-0.4, -0.2) is 11.9 Å². The fourth-order valence-electron chi connectivity index (χ4n) is 1.18. The normalized spacial score (nSPS) is 8.53. The summed E-state index contributed by atoms with van der Waals surface area (Å²) in [6, 6.07) is 14.2. The van der Waals surface area contributed by atoms with Gasteiger partial charge in [-0.1, -0.05) is 6.92 Å². The molecule has 0 aliphatic rings. The van der Waals surface area contributed by atoms with E-state index in [4.69, 9.17) is 9.47 Å². The van der Waals surface area contributed by atoms with Crippen molar-refractivity contribution in [3.63, 3.8) is 0 Å². The summed E-state index contributed by atoms with van der Waals surface area (Å²) in [5, 5.41) is 0. The van der Waals surface area contributed by atoms with Crippen LogP contribution < -0.4 is 9.47 Å². The van der Waals surface area contributed by atoms with E-state index in [0.29, 0.717) is 11.5 Å². The molecule has 0 saturated carbocycles. The van der Waals surface area contributed by atoms with Crippen molar-refractivity contribution in [1.82, 2.24) is 0 Å². The maximum atomic E-state index is 10.3. The van der Waals surface area contributed by atoms with Gasteiger partial charge in [0.1, 0.15) is 0 Å². The first-order valence-electron chi connectivity index (χ1n) is 5.38. The van der Waals surface area contributed by atoms with Gasteiger partial charge in [-0.05, 0) is 6.92 Å². The van der Waals surface area contributed by atoms with Gasteiger partial charge in [0.2, 0.25) is 5.97 Å². The number of hydrogen-bond donors (Lipinski definition) is 0. The molecule has 0 unspecified atom stereocenters. The molecular formula is C14H14FeO4-6. The number of esters is 2. The van der Waals surface area contributed by atoms with Gasteiger partial charge in [0.05, 0.1) is 5.97 Å². The molecule has 2 rings (SSSR count). The summed E-state index contributed by atoms with van der Waals surface area (Å²) >= 11 is 0. The molecule has 0 spiro atoms. The zero-order valence-corrected chi connectivity index (χ0v) is 11.7. The second kappa shape index (κ2) is 9.14. The molecule has 0 saturated heterocycles. The molecule has 5 heteroatoms. The minimum Gasteiger partial charge on any atom is -0.756 e. The Morgan fingerprint density at radius 3 is 1.84 bits per heavy atom. The summed E-state index contributed by atoms with van der Waals surface area (Å²) in [5.41, 5.74) is 0. The van der Waals surface area contributed by atoms with E-state index in [2.05, 4.69) is 0 Å². The van der Waals surface area contributed by atoms with Crippen LogP contribution in [0.3, 0.4) is 0 Å². The fraction of sp³-hybridized carbons (Fsp3) is 0.143. The molecule has 0 fully saturated rings. The molecule has 0 amide bonds. The zero-order chi connectivity index (χ0) is 13.4. The van der Waals surface area contributed by atoms with E-state index < -0.39 is 0 Å². The quantitative estimate of drug-likeness (QED) is 0.486. The summed E-state index contributed by atoms with van der Waals surface area (Å²) in [4.78, 5) is 20.6. The predicted molar refractivity (Wildman–Crippen MR) is 66.7 cm³/mol. The van der Waals surface area contributed by atoms with Gasteiger partial charge in [0.15, 0.2) is 0 Å². The summed E-state index contributed by atoms with van der Waals surface area (Å²) in [7, 11) is 0. The third kappa shape index (κ3) is 7.97. The Morgan fingerprint density at radius 2 is 1.42 bits per heavy atom. The molecule has 2 aromatic carbocycles. The molecule has 0 radical (unpaired) electrons. The molecule has 0 atom stereocenters. The SMILES string of the molecule is CC(=O)O[c-]1[cH-][cH-][cH-][cH-]1.CC(=O)O[c-]1cccc1.[Fe]. The van der Waals surface area contributed by atoms with Gasteiger partial charge in [0, 0.05) is 22.8 Å². The summed E-state index contributed by atoms with van der Waals surface area (Å²) in [5.74, 6) is 0.674. The summed E-state index contributed by atoms with van der Waals surface area (Å²) in [6.07, 6.45) is 0. The Morgan fingerprint density at radius 1 is 0.947 bits per heavy atom. The van der Waals surface area contributed by atoms with Crippen molar-refractivity contribution < 1.29 is 36.1 Å². The largest absolute Gasteiger partial charge is 0.756 e. The Balaban J connectivity index is 0.000000324. The van der Waals surface area contributed by atoms with Crippen molar-refractivity contribution in [3.05, 3.63) is 48.5 Å². The van der Waals surface area contributed by atoms with Crippen LogP contribution in [0.4, 0.5) is 0 Å². The van der Waals surface area contributed by atoms with Gasteiger partial charge in [-0.3, -0.25) is 0 Å². The number of ether oxygens (including phenoxy) is 2. The first-order valence-corrected chi connectivity index (χ1v) is 5.38. The monoisotopic (exact) mass is 302 g/mol. The van der Waals surface area contributed by atoms with E-state index in [1.54, 1.807) is 24.3 Å². The topological polar surface area (TPSA) is 52.6 Å². The minimum absolute atomic E-state index is 0. The van der Waals surface area contributed by atoms with E-state index in [1.165, 1.54) is 13.8 Å². The fourth-order valence-corrected chi connectivity index (χ4v) is 1.18. The van der Waals surface area contributed by atoms with Crippen molar-refractivity contribution in [3.8, 4) is 11.5 Å². The molecular weight excluding hydrogens is 288 g/mol. The van der Waals surface area contributed by atoms with Crippen molar-refractivity contribution in [2.75, 3.05) is 0 Å². The number of carbonyl (C=O) groups excluding carboxylic acids is 2. The van der Waals surface area contributed by atoms with E-state index in [1.807, 2.05) is 24.3 Å². The molecule has 0 aromatic heterocycles. The van der Waals surface area contributed by atoms with E-state index in [0.717, 1.165) is 0 Å². The molecule has 0 bridgehead atoms. The van der Waals surface area contributed by atoms with Crippen molar-refractivity contribution >= 4 is 11.9 Å². The Labute approximate surface area is 122 Å². The maximum Gasteiger partial charge on any atom is 0.230 e. The smallest absolute Gasteiger partial charge is 0.230 e. The zero-order valence-electron chi connectivity index (χ0n) is 10.6. The third-order valence-corrected chi connectivity index (χ3v) is 1.79. The van der Waals surface area contributed by atoms with Crippen LogP contribution in [0.1, 0.15) is 13.8 Å². The first-order chi connectivity index (χ1) is 8.58. The Hall–Kier alpha value is -1.84. The molecule has 108 valence electrons. The van der Waals surface area contributed by atoms with Crippen LogP contribution in [0.15, 0.2) is 48.5 Å². The second-order valence-corrected chi connectivity index (χ2v) is 3.43. The molecule has 19 heavy (non-hydrogen) atoms. The van der Waals surface area contributed by atoms with E-state index in [-0.39, 0.29) is 29.0 Å². The second-order valence-electron chi connectivity index (χ2n) is 3.43. The van der Waals surface area contributed by atoms with Crippen LogP contribution >= 0.6 is 0 Å². The van der Waals surface area contributed by atoms with Crippen LogP contribution in [0.25, 0.3) is 0 Å². The van der Waals surface area contributed by atoms with Crippen LogP contribution in [-0.2, 0) is 26.7 Å². The summed E-state index contributed by atoms with van der Waals surface area (Å²) in [6.45, 7) is 2.76. The molecule has 0 aliphatic carbocycles. The van der Waals surface area contributed by atoms with E-state index in [9.17, 15) is 9.59 Å². The van der Waals surface area contributed by atoms with E-state index >= 15 is 0 Å². The molecule has 0 aliphatic heterocycles. The van der Waals surface area contributed by atoms with Crippen LogP contribution in [0.5, 0.6) is 11.5 Å². The van der Waals surface area contributed by atoms with Crippen molar-refractivity contribution in [1.29, 1.82) is 0 Å². The van der Waals surface area contributed by atoms with Crippen LogP contribution in [0, 0.1) is 0 Å².